The van der Waals surface area contributed by atoms with E-state index in [-0.39, 0.29) is 11.7 Å². The fourth-order valence-corrected chi connectivity index (χ4v) is 6.68. The fourth-order valence-electron chi connectivity index (χ4n) is 6.68. The molecule has 1 nitrogen and oxygen atoms in total. The van der Waals surface area contributed by atoms with E-state index in [2.05, 4.69) is 0 Å². The predicted molar refractivity (Wildman–Crippen MR) is 81.7 cm³/mol. The van der Waals surface area contributed by atoms with Crippen LogP contribution in [0.2, 0.25) is 0 Å². The second-order valence-corrected chi connectivity index (χ2v) is 8.39. The maximum Gasteiger partial charge on any atom is 0.389 e. The Morgan fingerprint density at radius 1 is 1.04 bits per heavy atom. The van der Waals surface area contributed by atoms with Crippen molar-refractivity contribution in [2.45, 2.75) is 70.4 Å². The lowest BCUT2D eigenvalue weighted by Crippen LogP contribution is -2.47. The average molecular weight is 326 g/mol. The first kappa shape index (κ1) is 15.7. The van der Waals surface area contributed by atoms with Crippen LogP contribution in [0.15, 0.2) is 11.6 Å². The molecule has 0 unspecified atom stereocenters. The topological polar surface area (TPSA) is 17.1 Å². The monoisotopic (exact) mass is 326 g/mol. The maximum absolute atomic E-state index is 13.2. The van der Waals surface area contributed by atoms with E-state index < -0.39 is 18.0 Å². The highest BCUT2D eigenvalue weighted by Gasteiger charge is 2.57. The van der Waals surface area contributed by atoms with Crippen LogP contribution in [0.1, 0.15) is 64.2 Å². The number of rotatable bonds is 1. The van der Waals surface area contributed by atoms with E-state index >= 15 is 0 Å². The first-order valence-corrected chi connectivity index (χ1v) is 9.18. The third-order valence-corrected chi connectivity index (χ3v) is 7.38. The van der Waals surface area contributed by atoms with Gasteiger partial charge < -0.3 is 0 Å². The maximum atomic E-state index is 13.2. The van der Waals surface area contributed by atoms with Gasteiger partial charge in [-0.1, -0.05) is 12.0 Å². The minimum Gasteiger partial charge on any atom is -0.295 e. The summed E-state index contributed by atoms with van der Waals surface area (Å²) in [5.41, 5.74) is 0.842. The zero-order valence-electron chi connectivity index (χ0n) is 13.5. The Labute approximate surface area is 135 Å². The molecule has 0 aromatic rings. The zero-order chi connectivity index (χ0) is 16.2. The highest BCUT2D eigenvalue weighted by Crippen LogP contribution is 2.64. The van der Waals surface area contributed by atoms with Gasteiger partial charge in [0.1, 0.15) is 0 Å². The van der Waals surface area contributed by atoms with Gasteiger partial charge >= 0.3 is 6.18 Å². The lowest BCUT2D eigenvalue weighted by Gasteiger charge is -2.54. The van der Waals surface area contributed by atoms with Gasteiger partial charge in [0, 0.05) is 12.8 Å². The molecule has 5 atom stereocenters. The fraction of sp³-hybridized carbons (Fsp3) is 0.842. The molecule has 4 rings (SSSR count). The molecule has 0 aliphatic heterocycles. The Kier molecular flexibility index (Phi) is 3.66. The summed E-state index contributed by atoms with van der Waals surface area (Å²) in [6.07, 6.45) is 5.18. The Morgan fingerprint density at radius 3 is 2.65 bits per heavy atom. The number of hydrogen-bond acceptors (Lipinski definition) is 1. The molecule has 0 heterocycles. The van der Waals surface area contributed by atoms with Crippen LogP contribution in [0.5, 0.6) is 0 Å². The molecule has 3 fully saturated rings. The van der Waals surface area contributed by atoms with Gasteiger partial charge in [0.15, 0.2) is 5.78 Å². The molecule has 4 heteroatoms. The predicted octanol–water partition coefficient (Wildman–Crippen LogP) is 5.45. The lowest BCUT2D eigenvalue weighted by atomic mass is 9.51. The smallest absolute Gasteiger partial charge is 0.295 e. The van der Waals surface area contributed by atoms with Crippen molar-refractivity contribution in [3.63, 3.8) is 0 Å². The van der Waals surface area contributed by atoms with Gasteiger partial charge in [0.2, 0.25) is 0 Å². The SMILES string of the molecule is O=C1C=C2CC[C@@H]3[C@H](CC[C@]4(CC(F)(F)F)CCC[C@@H]34)[C@H]2CC1. The van der Waals surface area contributed by atoms with Gasteiger partial charge in [-0.15, -0.1) is 0 Å². The molecule has 0 spiro atoms. The molecule has 23 heavy (non-hydrogen) atoms. The number of carbonyl (C=O) groups is 1. The quantitative estimate of drug-likeness (QED) is 0.626. The number of fused-ring (bicyclic) bond motifs is 5. The van der Waals surface area contributed by atoms with Crippen molar-refractivity contribution in [2.24, 2.45) is 29.1 Å². The average Bonchev–Trinajstić information content (AvgIpc) is 2.88. The van der Waals surface area contributed by atoms with Crippen molar-refractivity contribution in [1.82, 2.24) is 0 Å². The van der Waals surface area contributed by atoms with Gasteiger partial charge in [-0.2, -0.15) is 13.2 Å². The molecule has 0 aromatic carbocycles. The lowest BCUT2D eigenvalue weighted by molar-refractivity contribution is -0.177. The summed E-state index contributed by atoms with van der Waals surface area (Å²) in [5.74, 6) is 1.99. The third-order valence-electron chi connectivity index (χ3n) is 7.38. The highest BCUT2D eigenvalue weighted by atomic mass is 19.4. The van der Waals surface area contributed by atoms with Crippen molar-refractivity contribution < 1.29 is 18.0 Å². The van der Waals surface area contributed by atoms with Crippen LogP contribution >= 0.6 is 0 Å². The van der Waals surface area contributed by atoms with Gasteiger partial charge in [-0.25, -0.2) is 0 Å². The van der Waals surface area contributed by atoms with Crippen molar-refractivity contribution in [3.8, 4) is 0 Å². The second-order valence-electron chi connectivity index (χ2n) is 8.39. The Balaban J connectivity index is 1.60. The molecule has 0 saturated heterocycles. The molecule has 128 valence electrons. The summed E-state index contributed by atoms with van der Waals surface area (Å²) in [6, 6.07) is 0. The molecular weight excluding hydrogens is 301 g/mol. The molecule has 4 aliphatic carbocycles. The summed E-state index contributed by atoms with van der Waals surface area (Å²) >= 11 is 0. The Bertz CT molecular complexity index is 535. The first-order valence-electron chi connectivity index (χ1n) is 9.18. The number of allylic oxidation sites excluding steroid dienone is 1. The van der Waals surface area contributed by atoms with Crippen molar-refractivity contribution in [3.05, 3.63) is 11.6 Å². The Hall–Kier alpha value is -0.800. The van der Waals surface area contributed by atoms with Crippen LogP contribution in [0, 0.1) is 29.1 Å². The summed E-state index contributed by atoms with van der Waals surface area (Å²) in [4.78, 5) is 11.7. The molecule has 0 N–H and O–H groups in total. The number of alkyl halides is 3. The van der Waals surface area contributed by atoms with Crippen LogP contribution in [0.4, 0.5) is 13.2 Å². The minimum atomic E-state index is -4.04. The first-order chi connectivity index (χ1) is 10.9. The number of ketones is 1. The van der Waals surface area contributed by atoms with Crippen molar-refractivity contribution >= 4 is 5.78 Å². The van der Waals surface area contributed by atoms with E-state index in [1.54, 1.807) is 0 Å². The number of halogens is 3. The largest absolute Gasteiger partial charge is 0.389 e. The van der Waals surface area contributed by atoms with E-state index in [4.69, 9.17) is 0 Å². The van der Waals surface area contributed by atoms with E-state index in [9.17, 15) is 18.0 Å². The molecule has 3 saturated carbocycles. The second kappa shape index (κ2) is 5.35. The van der Waals surface area contributed by atoms with Gasteiger partial charge in [-0.05, 0) is 80.1 Å². The standard InChI is InChI=1S/C19H25F3O/c20-19(21,22)11-18-8-1-2-17(18)16-5-3-12-10-13(23)4-6-14(12)15(16)7-9-18/h10,14-17H,1-9,11H2/t14-,15+,16+,17-,18-/m0/s1. The summed E-state index contributed by atoms with van der Waals surface area (Å²) < 4.78 is 39.5. The van der Waals surface area contributed by atoms with Crippen molar-refractivity contribution in [1.29, 1.82) is 0 Å². The van der Waals surface area contributed by atoms with Gasteiger partial charge in [0.05, 0.1) is 0 Å². The molecular formula is C19H25F3O. The zero-order valence-corrected chi connectivity index (χ0v) is 13.5. The van der Waals surface area contributed by atoms with Gasteiger partial charge in [0.25, 0.3) is 0 Å². The molecule has 0 amide bonds. The third kappa shape index (κ3) is 2.66. The van der Waals surface area contributed by atoms with Crippen LogP contribution in [-0.4, -0.2) is 12.0 Å². The van der Waals surface area contributed by atoms with Crippen molar-refractivity contribution in [2.75, 3.05) is 0 Å². The van der Waals surface area contributed by atoms with Gasteiger partial charge in [-0.3, -0.25) is 4.79 Å². The summed E-state index contributed by atoms with van der Waals surface area (Å²) in [6.45, 7) is 0. The van der Waals surface area contributed by atoms with E-state index in [0.717, 1.165) is 51.4 Å². The van der Waals surface area contributed by atoms with E-state index in [1.807, 2.05) is 6.08 Å². The summed E-state index contributed by atoms with van der Waals surface area (Å²) in [5, 5.41) is 0. The minimum absolute atomic E-state index is 0.248. The van der Waals surface area contributed by atoms with Crippen LogP contribution in [0.25, 0.3) is 0 Å². The molecule has 0 aromatic heterocycles. The van der Waals surface area contributed by atoms with E-state index in [0.29, 0.717) is 24.2 Å². The molecule has 0 bridgehead atoms. The Morgan fingerprint density at radius 2 is 1.87 bits per heavy atom. The number of hydrogen-bond donors (Lipinski definition) is 0. The summed E-state index contributed by atoms with van der Waals surface area (Å²) in [7, 11) is 0. The number of carbonyl (C=O) groups excluding carboxylic acids is 1. The van der Waals surface area contributed by atoms with E-state index in [1.165, 1.54) is 5.57 Å². The molecule has 4 aliphatic rings. The normalized spacial score (nSPS) is 43.4. The van der Waals surface area contributed by atoms with Crippen LogP contribution < -0.4 is 0 Å². The molecule has 0 radical (unpaired) electrons. The highest BCUT2D eigenvalue weighted by molar-refractivity contribution is 5.91. The van der Waals surface area contributed by atoms with Crippen LogP contribution in [-0.2, 0) is 4.79 Å². The van der Waals surface area contributed by atoms with Crippen LogP contribution in [0.3, 0.4) is 0 Å².